The number of rotatable bonds is 5. The average Bonchev–Trinajstić information content (AvgIpc) is 3.22. The number of nitrogens with zero attached hydrogens (tertiary/aromatic N) is 2. The van der Waals surface area contributed by atoms with E-state index in [1.54, 1.807) is 13.0 Å². The molecule has 0 saturated heterocycles. The summed E-state index contributed by atoms with van der Waals surface area (Å²) in [5, 5.41) is 9.74. The van der Waals surface area contributed by atoms with Crippen molar-refractivity contribution in [2.75, 3.05) is 5.32 Å². The highest BCUT2D eigenvalue weighted by Gasteiger charge is 2.32. The zero-order chi connectivity index (χ0) is 23.5. The Kier molecular flexibility index (Phi) is 7.17. The van der Waals surface area contributed by atoms with E-state index in [0.717, 1.165) is 5.56 Å². The smallest absolute Gasteiger partial charge is 0.320 e. The number of carbonyl (C=O) groups is 2. The molecule has 0 atom stereocenters. The Labute approximate surface area is 194 Å². The first-order valence-electron chi connectivity index (χ1n) is 8.76. The third-order valence-corrected chi connectivity index (χ3v) is 5.30. The number of halogens is 5. The van der Waals surface area contributed by atoms with E-state index in [4.69, 9.17) is 23.2 Å². The van der Waals surface area contributed by atoms with Crippen molar-refractivity contribution < 1.29 is 22.8 Å². The maximum Gasteiger partial charge on any atom is 0.417 e. The minimum atomic E-state index is -4.66. The molecule has 0 aliphatic heterocycles. The molecule has 2 amide bonds. The van der Waals surface area contributed by atoms with Gasteiger partial charge in [-0.1, -0.05) is 23.2 Å². The number of carbonyl (C=O) groups excluding carboxylic acids is 2. The van der Waals surface area contributed by atoms with Gasteiger partial charge in [0.1, 0.15) is 5.69 Å². The van der Waals surface area contributed by atoms with Crippen LogP contribution in [0, 0.1) is 6.92 Å². The van der Waals surface area contributed by atoms with Crippen LogP contribution in [-0.2, 0) is 6.18 Å². The van der Waals surface area contributed by atoms with Crippen molar-refractivity contribution in [1.82, 2.24) is 10.4 Å². The summed E-state index contributed by atoms with van der Waals surface area (Å²) in [7, 11) is 0. The summed E-state index contributed by atoms with van der Waals surface area (Å²) >= 11 is 13.4. The first-order valence-corrected chi connectivity index (χ1v) is 10.5. The van der Waals surface area contributed by atoms with Crippen molar-refractivity contribution in [2.45, 2.75) is 13.1 Å². The van der Waals surface area contributed by atoms with E-state index in [1.807, 2.05) is 10.8 Å². The number of thiophene rings is 1. The quantitative estimate of drug-likeness (QED) is 0.343. The Balaban J connectivity index is 1.86. The van der Waals surface area contributed by atoms with Gasteiger partial charge in [0.25, 0.3) is 11.8 Å². The minimum absolute atomic E-state index is 0.00569. The fourth-order valence-corrected chi connectivity index (χ4v) is 3.73. The molecule has 2 heterocycles. The summed E-state index contributed by atoms with van der Waals surface area (Å²) in [6.45, 7) is 1.59. The molecule has 3 aromatic rings. The van der Waals surface area contributed by atoms with E-state index in [1.165, 1.54) is 29.7 Å². The maximum atomic E-state index is 12.8. The first kappa shape index (κ1) is 23.7. The Hall–Kier alpha value is -2.95. The van der Waals surface area contributed by atoms with Gasteiger partial charge in [0.2, 0.25) is 0 Å². The number of pyridine rings is 1. The standard InChI is InChI=1S/C20H13Cl2F3N4O2S/c1-10-4-13(21)6-14(18(30)29-27-7-11-2-3-32-9-11)16(10)28-19(31)17-15(22)5-12(8-26-17)20(23,24)25/h2-9H,1H3,(H,28,31)(H,29,30). The van der Waals surface area contributed by atoms with Crippen LogP contribution in [0.5, 0.6) is 0 Å². The molecule has 6 nitrogen and oxygen atoms in total. The van der Waals surface area contributed by atoms with Crippen LogP contribution in [-0.4, -0.2) is 23.0 Å². The Morgan fingerprint density at radius 1 is 1.19 bits per heavy atom. The van der Waals surface area contributed by atoms with E-state index in [0.29, 0.717) is 17.8 Å². The van der Waals surface area contributed by atoms with Gasteiger partial charge in [0.15, 0.2) is 0 Å². The van der Waals surface area contributed by atoms with Gasteiger partial charge in [0, 0.05) is 16.8 Å². The summed E-state index contributed by atoms with van der Waals surface area (Å²) in [6.07, 6.45) is -2.72. The average molecular weight is 501 g/mol. The Morgan fingerprint density at radius 3 is 2.56 bits per heavy atom. The van der Waals surface area contributed by atoms with Gasteiger partial charge in [-0.05, 0) is 47.5 Å². The summed E-state index contributed by atoms with van der Waals surface area (Å²) in [5.41, 5.74) is 2.11. The van der Waals surface area contributed by atoms with Crippen LogP contribution in [0.25, 0.3) is 0 Å². The third kappa shape index (κ3) is 5.64. The fourth-order valence-electron chi connectivity index (χ4n) is 2.60. The molecule has 0 unspecified atom stereocenters. The number of hydrazone groups is 1. The van der Waals surface area contributed by atoms with E-state index >= 15 is 0 Å². The van der Waals surface area contributed by atoms with E-state index in [9.17, 15) is 22.8 Å². The number of hydrogen-bond donors (Lipinski definition) is 2. The van der Waals surface area contributed by atoms with Gasteiger partial charge in [-0.3, -0.25) is 9.59 Å². The molecule has 12 heteroatoms. The molecule has 166 valence electrons. The fraction of sp³-hybridized carbons (Fsp3) is 0.100. The molecule has 2 aromatic heterocycles. The van der Waals surface area contributed by atoms with Crippen LogP contribution in [0.1, 0.15) is 37.5 Å². The summed E-state index contributed by atoms with van der Waals surface area (Å²) in [4.78, 5) is 28.8. The second-order valence-corrected chi connectivity index (χ2v) is 8.03. The number of benzene rings is 1. The van der Waals surface area contributed by atoms with Gasteiger partial charge in [0.05, 0.1) is 28.1 Å². The van der Waals surface area contributed by atoms with E-state index < -0.39 is 34.3 Å². The number of amides is 2. The number of aryl methyl sites for hydroxylation is 1. The normalized spacial score (nSPS) is 11.6. The highest BCUT2D eigenvalue weighted by molar-refractivity contribution is 7.08. The molecule has 2 N–H and O–H groups in total. The lowest BCUT2D eigenvalue weighted by atomic mass is 10.1. The van der Waals surface area contributed by atoms with Gasteiger partial charge in [-0.25, -0.2) is 10.4 Å². The van der Waals surface area contributed by atoms with Gasteiger partial charge >= 0.3 is 6.18 Å². The van der Waals surface area contributed by atoms with Crippen molar-refractivity contribution in [1.29, 1.82) is 0 Å². The topological polar surface area (TPSA) is 83.5 Å². The predicted molar refractivity (Wildman–Crippen MR) is 118 cm³/mol. The van der Waals surface area contributed by atoms with E-state index in [-0.39, 0.29) is 16.3 Å². The SMILES string of the molecule is Cc1cc(Cl)cc(C(=O)NN=Cc2ccsc2)c1NC(=O)c1ncc(C(F)(F)F)cc1Cl. The summed E-state index contributed by atoms with van der Waals surface area (Å²) in [6, 6.07) is 5.23. The monoisotopic (exact) mass is 500 g/mol. The van der Waals surface area contributed by atoms with Crippen LogP contribution in [0.3, 0.4) is 0 Å². The van der Waals surface area contributed by atoms with Crippen LogP contribution in [0.2, 0.25) is 10.0 Å². The molecule has 3 rings (SSSR count). The lowest BCUT2D eigenvalue weighted by Gasteiger charge is -2.14. The first-order chi connectivity index (χ1) is 15.1. The van der Waals surface area contributed by atoms with Crippen molar-refractivity contribution in [3.8, 4) is 0 Å². The molecular weight excluding hydrogens is 488 g/mol. The van der Waals surface area contributed by atoms with Crippen molar-refractivity contribution in [2.24, 2.45) is 5.10 Å². The number of nitrogens with one attached hydrogen (secondary N) is 2. The zero-order valence-electron chi connectivity index (χ0n) is 16.1. The number of alkyl halides is 3. The second-order valence-electron chi connectivity index (χ2n) is 6.41. The van der Waals surface area contributed by atoms with Crippen molar-refractivity contribution >= 4 is 58.3 Å². The number of hydrogen-bond acceptors (Lipinski definition) is 5. The molecule has 0 bridgehead atoms. The van der Waals surface area contributed by atoms with Crippen LogP contribution >= 0.6 is 34.5 Å². The molecule has 0 spiro atoms. The molecule has 32 heavy (non-hydrogen) atoms. The van der Waals surface area contributed by atoms with E-state index in [2.05, 4.69) is 20.8 Å². The molecule has 0 radical (unpaired) electrons. The van der Waals surface area contributed by atoms with Gasteiger partial charge in [-0.2, -0.15) is 29.6 Å². The number of aromatic nitrogens is 1. The summed E-state index contributed by atoms with van der Waals surface area (Å²) < 4.78 is 38.4. The highest BCUT2D eigenvalue weighted by atomic mass is 35.5. The zero-order valence-corrected chi connectivity index (χ0v) is 18.5. The third-order valence-electron chi connectivity index (χ3n) is 4.09. The summed E-state index contributed by atoms with van der Waals surface area (Å²) in [5.74, 6) is -1.56. The predicted octanol–water partition coefficient (Wildman–Crippen LogP) is 5.79. The Bertz CT molecular complexity index is 1200. The number of anilines is 1. The lowest BCUT2D eigenvalue weighted by molar-refractivity contribution is -0.137. The molecule has 0 saturated carbocycles. The van der Waals surface area contributed by atoms with Crippen LogP contribution in [0.4, 0.5) is 18.9 Å². The lowest BCUT2D eigenvalue weighted by Crippen LogP contribution is -2.23. The Morgan fingerprint density at radius 2 is 1.94 bits per heavy atom. The van der Waals surface area contributed by atoms with Crippen LogP contribution in [0.15, 0.2) is 46.3 Å². The minimum Gasteiger partial charge on any atom is -0.320 e. The largest absolute Gasteiger partial charge is 0.417 e. The molecule has 0 aliphatic carbocycles. The molecule has 0 aliphatic rings. The molecular formula is C20H13Cl2F3N4O2S. The highest BCUT2D eigenvalue weighted by Crippen LogP contribution is 2.32. The maximum absolute atomic E-state index is 12.8. The van der Waals surface area contributed by atoms with Gasteiger partial charge < -0.3 is 5.32 Å². The molecule has 0 fully saturated rings. The molecule has 1 aromatic carbocycles. The van der Waals surface area contributed by atoms with Crippen molar-refractivity contribution in [3.63, 3.8) is 0 Å². The van der Waals surface area contributed by atoms with Gasteiger partial charge in [-0.15, -0.1) is 0 Å². The van der Waals surface area contributed by atoms with Crippen LogP contribution < -0.4 is 10.7 Å². The van der Waals surface area contributed by atoms with Crippen molar-refractivity contribution in [3.05, 3.63) is 79.2 Å². The second kappa shape index (κ2) is 9.68.